The van der Waals surface area contributed by atoms with E-state index in [2.05, 4.69) is 53.6 Å². The number of hydrogen-bond acceptors (Lipinski definition) is 3. The Bertz CT molecular complexity index is 904. The highest BCUT2D eigenvalue weighted by molar-refractivity contribution is 7.12. The van der Waals surface area contributed by atoms with Gasteiger partial charge in [-0.2, -0.15) is 0 Å². The lowest BCUT2D eigenvalue weighted by atomic mass is 9.81. The third-order valence-corrected chi connectivity index (χ3v) is 6.90. The second-order valence-electron chi connectivity index (χ2n) is 7.56. The Morgan fingerprint density at radius 3 is 2.78 bits per heavy atom. The molecule has 0 aliphatic heterocycles. The van der Waals surface area contributed by atoms with Crippen LogP contribution in [0.15, 0.2) is 41.9 Å². The van der Waals surface area contributed by atoms with Crippen molar-refractivity contribution < 1.29 is 0 Å². The second-order valence-corrected chi connectivity index (χ2v) is 8.51. The molecule has 1 aromatic carbocycles. The molecule has 4 rings (SSSR count). The van der Waals surface area contributed by atoms with Gasteiger partial charge in [0.1, 0.15) is 5.84 Å². The van der Waals surface area contributed by atoms with Gasteiger partial charge < -0.3 is 15.2 Å². The topological polar surface area (TPSA) is 54.9 Å². The highest BCUT2D eigenvalue weighted by Crippen LogP contribution is 2.38. The molecule has 0 saturated heterocycles. The lowest BCUT2D eigenvalue weighted by molar-refractivity contribution is 0.190. The zero-order chi connectivity index (χ0) is 18.8. The maximum absolute atomic E-state index is 8.21. The predicted molar refractivity (Wildman–Crippen MR) is 116 cm³/mol. The second kappa shape index (κ2) is 7.87. The van der Waals surface area contributed by atoms with Crippen molar-refractivity contribution in [2.45, 2.75) is 44.6 Å². The van der Waals surface area contributed by atoms with Crippen LogP contribution in [-0.4, -0.2) is 35.4 Å². The molecule has 0 spiro atoms. The standard InChI is InChI=1S/C22H28N4S/c1-3-26(2)17-9-6-15(7-10-17)19-14-24-20-13-16(8-11-18(19)20)25-22(23)21-5-4-12-27-21/h4-5,8,11-15,17,24H,3,6-7,9-10H2,1-2H3,(H2,23,25)/t15-,17+. The van der Waals surface area contributed by atoms with Gasteiger partial charge in [0.05, 0.1) is 4.88 Å². The Kier molecular flexibility index (Phi) is 5.32. The first kappa shape index (κ1) is 18.3. The lowest BCUT2D eigenvalue weighted by Crippen LogP contribution is -2.34. The molecule has 4 nitrogen and oxygen atoms in total. The van der Waals surface area contributed by atoms with Gasteiger partial charge in [0.2, 0.25) is 0 Å². The summed E-state index contributed by atoms with van der Waals surface area (Å²) in [7, 11) is 2.25. The van der Waals surface area contributed by atoms with Crippen molar-refractivity contribution in [1.82, 2.24) is 9.88 Å². The van der Waals surface area contributed by atoms with Gasteiger partial charge in [-0.3, -0.25) is 5.41 Å². The number of nitrogens with one attached hydrogen (secondary N) is 3. The number of anilines is 1. The van der Waals surface area contributed by atoms with Gasteiger partial charge in [-0.25, -0.2) is 0 Å². The van der Waals surface area contributed by atoms with Crippen LogP contribution in [0.4, 0.5) is 5.69 Å². The molecule has 0 bridgehead atoms. The van der Waals surface area contributed by atoms with E-state index in [-0.39, 0.29) is 0 Å². The summed E-state index contributed by atoms with van der Waals surface area (Å²) in [6.45, 7) is 3.38. The number of H-pyrrole nitrogens is 1. The fourth-order valence-corrected chi connectivity index (χ4v) is 4.91. The Hall–Kier alpha value is -2.11. The van der Waals surface area contributed by atoms with Crippen LogP contribution < -0.4 is 5.32 Å². The minimum atomic E-state index is 0.453. The van der Waals surface area contributed by atoms with Crippen molar-refractivity contribution >= 4 is 33.8 Å². The highest BCUT2D eigenvalue weighted by Gasteiger charge is 2.25. The first-order valence-corrected chi connectivity index (χ1v) is 10.7. The monoisotopic (exact) mass is 380 g/mol. The van der Waals surface area contributed by atoms with Gasteiger partial charge >= 0.3 is 0 Å². The SMILES string of the molecule is CCN(C)[C@H]1CC[C@@H](c2c[nH]c3cc(NC(=N)c4cccs4)ccc32)CC1. The summed E-state index contributed by atoms with van der Waals surface area (Å²) in [5.41, 5.74) is 3.58. The third-order valence-electron chi connectivity index (χ3n) is 6.01. The molecule has 2 heterocycles. The Morgan fingerprint density at radius 1 is 1.26 bits per heavy atom. The summed E-state index contributed by atoms with van der Waals surface area (Å²) >= 11 is 1.58. The number of rotatable bonds is 5. The van der Waals surface area contributed by atoms with E-state index < -0.39 is 0 Å². The maximum Gasteiger partial charge on any atom is 0.140 e. The van der Waals surface area contributed by atoms with Gasteiger partial charge in [-0.05, 0) is 74.3 Å². The number of hydrogen-bond donors (Lipinski definition) is 3. The quantitative estimate of drug-likeness (QED) is 0.396. The normalized spacial score (nSPS) is 20.3. The average Bonchev–Trinajstić information content (AvgIpc) is 3.37. The summed E-state index contributed by atoms with van der Waals surface area (Å²) in [6, 6.07) is 11.1. The molecule has 0 amide bonds. The first-order valence-electron chi connectivity index (χ1n) is 9.86. The molecule has 1 aliphatic carbocycles. The Labute approximate surface area is 165 Å². The molecule has 0 radical (unpaired) electrons. The summed E-state index contributed by atoms with van der Waals surface area (Å²) < 4.78 is 0. The van der Waals surface area contributed by atoms with Crippen LogP contribution in [0.1, 0.15) is 49.0 Å². The van der Waals surface area contributed by atoms with Crippen LogP contribution in [0.2, 0.25) is 0 Å². The number of aromatic nitrogens is 1. The minimum Gasteiger partial charge on any atom is -0.361 e. The molecule has 0 unspecified atom stereocenters. The van der Waals surface area contributed by atoms with Crippen molar-refractivity contribution in [3.8, 4) is 0 Å². The maximum atomic E-state index is 8.21. The van der Waals surface area contributed by atoms with E-state index in [1.165, 1.54) is 36.6 Å². The van der Waals surface area contributed by atoms with Gasteiger partial charge in [0, 0.05) is 28.8 Å². The summed E-state index contributed by atoms with van der Waals surface area (Å²) in [4.78, 5) is 6.91. The fraction of sp³-hybridized carbons (Fsp3) is 0.409. The highest BCUT2D eigenvalue weighted by atomic mass is 32.1. The zero-order valence-electron chi connectivity index (χ0n) is 16.1. The molecular weight excluding hydrogens is 352 g/mol. The average molecular weight is 381 g/mol. The number of amidine groups is 1. The van der Waals surface area contributed by atoms with Gasteiger partial charge in [-0.1, -0.05) is 19.1 Å². The zero-order valence-corrected chi connectivity index (χ0v) is 16.9. The molecule has 27 heavy (non-hydrogen) atoms. The van der Waals surface area contributed by atoms with Crippen molar-refractivity contribution in [1.29, 1.82) is 5.41 Å². The van der Waals surface area contributed by atoms with Crippen LogP contribution in [0.25, 0.3) is 10.9 Å². The Balaban J connectivity index is 1.47. The minimum absolute atomic E-state index is 0.453. The van der Waals surface area contributed by atoms with E-state index in [4.69, 9.17) is 5.41 Å². The molecule has 3 N–H and O–H groups in total. The van der Waals surface area contributed by atoms with Crippen molar-refractivity contribution in [2.24, 2.45) is 0 Å². The number of nitrogens with zero attached hydrogens (tertiary/aromatic N) is 1. The predicted octanol–water partition coefficient (Wildman–Crippen LogP) is 5.64. The molecule has 1 fully saturated rings. The van der Waals surface area contributed by atoms with Crippen molar-refractivity contribution in [3.05, 3.63) is 52.3 Å². The molecule has 1 saturated carbocycles. The van der Waals surface area contributed by atoms with E-state index >= 15 is 0 Å². The van der Waals surface area contributed by atoms with Crippen LogP contribution in [0, 0.1) is 5.41 Å². The van der Waals surface area contributed by atoms with Crippen LogP contribution >= 0.6 is 11.3 Å². The van der Waals surface area contributed by atoms with Crippen LogP contribution in [0.5, 0.6) is 0 Å². The summed E-state index contributed by atoms with van der Waals surface area (Å²) in [5.74, 6) is 1.11. The first-order chi connectivity index (χ1) is 13.2. The van der Waals surface area contributed by atoms with Gasteiger partial charge in [-0.15, -0.1) is 11.3 Å². The molecule has 0 atom stereocenters. The van der Waals surface area contributed by atoms with E-state index in [0.717, 1.165) is 28.7 Å². The summed E-state index contributed by atoms with van der Waals surface area (Å²) in [6.07, 6.45) is 7.32. The van der Waals surface area contributed by atoms with Crippen LogP contribution in [-0.2, 0) is 0 Å². The fourth-order valence-electron chi connectivity index (χ4n) is 4.28. The number of fused-ring (bicyclic) bond motifs is 1. The molecule has 2 aromatic heterocycles. The number of benzene rings is 1. The van der Waals surface area contributed by atoms with E-state index in [9.17, 15) is 0 Å². The number of aromatic amines is 1. The molecular formula is C22H28N4S. The molecule has 142 valence electrons. The van der Waals surface area contributed by atoms with E-state index in [1.807, 2.05) is 17.5 Å². The van der Waals surface area contributed by atoms with E-state index in [1.54, 1.807) is 11.3 Å². The van der Waals surface area contributed by atoms with Gasteiger partial charge in [0.15, 0.2) is 0 Å². The lowest BCUT2D eigenvalue weighted by Gasteiger charge is -2.34. The van der Waals surface area contributed by atoms with Gasteiger partial charge in [0.25, 0.3) is 0 Å². The molecule has 5 heteroatoms. The largest absolute Gasteiger partial charge is 0.361 e. The molecule has 3 aromatic rings. The third kappa shape index (κ3) is 3.80. The molecule has 1 aliphatic rings. The summed E-state index contributed by atoms with van der Waals surface area (Å²) in [5, 5.41) is 14.8. The number of thiophene rings is 1. The van der Waals surface area contributed by atoms with E-state index in [0.29, 0.717) is 11.8 Å². The Morgan fingerprint density at radius 2 is 2.07 bits per heavy atom. The smallest absolute Gasteiger partial charge is 0.140 e. The van der Waals surface area contributed by atoms with Crippen molar-refractivity contribution in [3.63, 3.8) is 0 Å². The van der Waals surface area contributed by atoms with Crippen LogP contribution in [0.3, 0.4) is 0 Å². The van der Waals surface area contributed by atoms with Crippen molar-refractivity contribution in [2.75, 3.05) is 18.9 Å².